The zero-order valence-electron chi connectivity index (χ0n) is 57.7. The van der Waals surface area contributed by atoms with Crippen LogP contribution in [0.25, 0.3) is 0 Å². The number of rotatable bonds is 33. The maximum Gasteiger partial charge on any atom is 0.407 e. The second-order valence-electron chi connectivity index (χ2n) is 27.9. The van der Waals surface area contributed by atoms with Crippen LogP contribution in [0.3, 0.4) is 0 Å². The van der Waals surface area contributed by atoms with Crippen LogP contribution in [0.15, 0.2) is 155 Å². The number of ether oxygens (including phenoxy) is 8. The van der Waals surface area contributed by atoms with Crippen molar-refractivity contribution in [2.75, 3.05) is 60.0 Å². The molecule has 2 aliphatic rings. The number of benzene rings is 6. The van der Waals surface area contributed by atoms with Crippen molar-refractivity contribution in [2.45, 2.75) is 166 Å². The number of nitrogens with zero attached hydrogens (tertiary/aromatic N) is 2. The Balaban J connectivity index is 0.000000273. The maximum absolute atomic E-state index is 14.2. The normalized spacial score (nSPS) is 14.4. The lowest BCUT2D eigenvalue weighted by atomic mass is 9.87. The molecule has 8 rings (SSSR count). The average molecular weight is 1380 g/mol. The van der Waals surface area contributed by atoms with E-state index in [0.717, 1.165) is 41.6 Å². The number of hydrogen-bond donors (Lipinski definition) is 6. The average Bonchev–Trinajstić information content (AvgIpc) is 1.74. The predicted molar refractivity (Wildman–Crippen MR) is 370 cm³/mol. The number of alkyl carbamates (subject to hydrolysis) is 2. The van der Waals surface area contributed by atoms with Crippen LogP contribution in [0.2, 0.25) is 0 Å². The van der Waals surface area contributed by atoms with Crippen molar-refractivity contribution in [1.29, 1.82) is 0 Å². The van der Waals surface area contributed by atoms with Gasteiger partial charge in [-0.05, 0) is 175 Å². The molecule has 0 saturated heterocycles. The van der Waals surface area contributed by atoms with Gasteiger partial charge in [0.15, 0.2) is 23.0 Å². The zero-order chi connectivity index (χ0) is 70.6. The third-order valence-electron chi connectivity index (χ3n) is 15.8. The van der Waals surface area contributed by atoms with Crippen molar-refractivity contribution >= 4 is 32.2 Å². The van der Waals surface area contributed by atoms with Gasteiger partial charge in [-0.2, -0.15) is 8.61 Å². The summed E-state index contributed by atoms with van der Waals surface area (Å²) in [5.74, 6) is 2.91. The monoisotopic (exact) mass is 1380 g/mol. The molecule has 0 spiro atoms. The molecule has 24 heteroatoms. The van der Waals surface area contributed by atoms with Gasteiger partial charge in [0, 0.05) is 44.9 Å². The van der Waals surface area contributed by atoms with E-state index in [9.17, 15) is 41.7 Å². The van der Waals surface area contributed by atoms with Gasteiger partial charge in [0.1, 0.15) is 35.9 Å². The minimum absolute atomic E-state index is 0.00635. The number of carbonyl (C=O) groups excluding carboxylic acids is 2. The fraction of sp³-hybridized carbons (Fsp3) is 0.479. The fourth-order valence-electron chi connectivity index (χ4n) is 10.9. The second-order valence-corrected chi connectivity index (χ2v) is 31.7. The van der Waals surface area contributed by atoms with Gasteiger partial charge < -0.3 is 69.2 Å². The summed E-state index contributed by atoms with van der Waals surface area (Å²) in [6, 6.07) is 41.4. The summed E-state index contributed by atoms with van der Waals surface area (Å²) in [6.45, 7) is 19.5. The number of aliphatic hydroxyl groups excluding tert-OH is 3. The number of aliphatic hydroxyl groups is 3. The number of amides is 2. The van der Waals surface area contributed by atoms with Crippen LogP contribution in [-0.2, 0) is 55.6 Å². The van der Waals surface area contributed by atoms with Gasteiger partial charge in [-0.3, -0.25) is 0 Å². The summed E-state index contributed by atoms with van der Waals surface area (Å²) in [4.78, 5) is 26.0. The molecule has 0 aliphatic carbocycles. The van der Waals surface area contributed by atoms with E-state index >= 15 is 0 Å². The van der Waals surface area contributed by atoms with Gasteiger partial charge >= 0.3 is 12.2 Å². The van der Waals surface area contributed by atoms with Gasteiger partial charge in [-0.25, -0.2) is 26.4 Å². The Kier molecular flexibility index (Phi) is 27.4. The fourth-order valence-corrected chi connectivity index (χ4v) is 14.2. The summed E-state index contributed by atoms with van der Waals surface area (Å²) in [5.41, 5.74) is 1.14. The summed E-state index contributed by atoms with van der Waals surface area (Å²) in [5, 5.41) is 41.7. The van der Waals surface area contributed by atoms with Gasteiger partial charge in [-0.15, -0.1) is 0 Å². The van der Waals surface area contributed by atoms with E-state index in [0.29, 0.717) is 60.6 Å². The van der Waals surface area contributed by atoms with Crippen molar-refractivity contribution in [3.63, 3.8) is 0 Å². The van der Waals surface area contributed by atoms with E-state index in [1.807, 2.05) is 144 Å². The minimum atomic E-state index is -4.16. The van der Waals surface area contributed by atoms with Gasteiger partial charge in [0.25, 0.3) is 0 Å². The lowest BCUT2D eigenvalue weighted by Gasteiger charge is -2.35. The van der Waals surface area contributed by atoms with Gasteiger partial charge in [-0.1, -0.05) is 113 Å². The summed E-state index contributed by atoms with van der Waals surface area (Å²) < 4.78 is 104. The molecule has 6 N–H and O–H groups in total. The quantitative estimate of drug-likeness (QED) is 0.0209. The molecule has 0 aromatic heterocycles. The molecule has 6 aromatic rings. The van der Waals surface area contributed by atoms with E-state index < -0.39 is 78.6 Å². The lowest BCUT2D eigenvalue weighted by molar-refractivity contribution is 0.0384. The molecule has 97 heavy (non-hydrogen) atoms. The van der Waals surface area contributed by atoms with Crippen LogP contribution in [-0.4, -0.2) is 148 Å². The van der Waals surface area contributed by atoms with Crippen molar-refractivity contribution in [3.05, 3.63) is 168 Å². The molecular weight excluding hydrogens is 1280 g/mol. The maximum atomic E-state index is 14.2. The number of sulfonamides is 2. The minimum Gasteiger partial charge on any atom is -0.489 e. The number of fused-ring (bicyclic) bond motifs is 2. The first kappa shape index (κ1) is 76.7. The van der Waals surface area contributed by atoms with Gasteiger partial charge in [0.2, 0.25) is 33.6 Å². The Morgan fingerprint density at radius 3 is 1.24 bits per heavy atom. The highest BCUT2D eigenvalue weighted by atomic mass is 32.2. The van der Waals surface area contributed by atoms with Crippen molar-refractivity contribution in [2.24, 2.45) is 10.8 Å². The van der Waals surface area contributed by atoms with Crippen molar-refractivity contribution < 1.29 is 79.6 Å². The highest BCUT2D eigenvalue weighted by Crippen LogP contribution is 2.38. The smallest absolute Gasteiger partial charge is 0.407 e. The largest absolute Gasteiger partial charge is 0.489 e. The highest BCUT2D eigenvalue weighted by molar-refractivity contribution is 7.89. The summed E-state index contributed by atoms with van der Waals surface area (Å²) in [6.07, 6.45) is -1.05. The highest BCUT2D eigenvalue weighted by Gasteiger charge is 2.38. The van der Waals surface area contributed by atoms with E-state index in [4.69, 9.17) is 37.9 Å². The molecule has 4 atom stereocenters. The van der Waals surface area contributed by atoms with E-state index in [2.05, 4.69) is 16.0 Å². The number of hydrogen-bond acceptors (Lipinski definition) is 18. The predicted octanol–water partition coefficient (Wildman–Crippen LogP) is 10.8. The number of nitrogens with one attached hydrogen (secondary N) is 3. The SMILES string of the molecule is CC(C)(CCCO)CN(C[C@@H](O)[C@H](Cc1ccc(OCc2ccccc2)cc1)NC(=O)OC(C)(C)C)S(=O)(=O)c1ccc2c(c1)OCO2.CNCCCC(C)(C)CN(C[C@@H](O)[C@H](Cc1ccc(OCc2ccccc2)cc1)NC(=O)OC(C)(C)C)S(=O)(=O)c1ccc2c(c1)OCO2. The molecule has 0 radical (unpaired) electrons. The molecule has 22 nitrogen and oxygen atoms in total. The molecule has 0 fully saturated rings. The van der Waals surface area contributed by atoms with E-state index in [-0.39, 0.29) is 69.0 Å². The van der Waals surface area contributed by atoms with Crippen molar-refractivity contribution in [1.82, 2.24) is 24.6 Å². The Labute approximate surface area is 573 Å². The third kappa shape index (κ3) is 24.7. The van der Waals surface area contributed by atoms with Gasteiger partial charge in [0.05, 0.1) is 34.1 Å². The van der Waals surface area contributed by atoms with Crippen LogP contribution in [0.4, 0.5) is 9.59 Å². The first-order chi connectivity index (χ1) is 45.8. The standard InChI is InChI=1S/C37H51N3O8S.C36H48N2O9S/c1-36(2,3)48-35(42)39-31(21-27-13-15-29(16-14-27)45-24-28-11-8-7-9-12-28)32(41)23-40(25-37(4,5)19-10-20-38-6)49(43,44)30-17-18-33-34(22-30)47-26-46-33;1-35(2,3)47-34(41)37-30(20-26-12-14-28(15-13-26)44-23-27-10-7-6-8-11-27)31(40)22-38(24-36(4,5)18-9-19-39)48(42,43)29-16-17-32-33(21-29)46-25-45-32/h7-9,11-18,22,31-32,38,41H,10,19-21,23-26H2,1-6H3,(H,39,42);6-8,10-17,21,30-31,39-40H,9,18-20,22-25H2,1-5H3,(H,37,41)/t31-,32+;30-,31+/m00/s1. The van der Waals surface area contributed by atoms with Crippen LogP contribution in [0, 0.1) is 10.8 Å². The Bertz CT molecular complexity index is 3680. The van der Waals surface area contributed by atoms with Crippen LogP contribution < -0.4 is 44.4 Å². The molecule has 530 valence electrons. The lowest BCUT2D eigenvalue weighted by Crippen LogP contribution is -2.52. The molecule has 0 unspecified atom stereocenters. The van der Waals surface area contributed by atoms with E-state index in [1.54, 1.807) is 53.7 Å². The van der Waals surface area contributed by atoms with Crippen LogP contribution in [0.5, 0.6) is 34.5 Å². The zero-order valence-corrected chi connectivity index (χ0v) is 59.4. The van der Waals surface area contributed by atoms with E-state index in [1.165, 1.54) is 32.9 Å². The molecule has 2 aliphatic heterocycles. The molecule has 0 bridgehead atoms. The summed E-state index contributed by atoms with van der Waals surface area (Å²) >= 11 is 0. The third-order valence-corrected chi connectivity index (χ3v) is 19.4. The van der Waals surface area contributed by atoms with Crippen molar-refractivity contribution in [3.8, 4) is 34.5 Å². The first-order valence-electron chi connectivity index (χ1n) is 32.7. The van der Waals surface area contributed by atoms with Crippen LogP contribution in [0.1, 0.15) is 117 Å². The molecule has 2 amide bonds. The Hall–Kier alpha value is -7.68. The molecule has 2 heterocycles. The van der Waals surface area contributed by atoms with Crippen LogP contribution >= 0.6 is 0 Å². The molecule has 0 saturated carbocycles. The number of carbonyl (C=O) groups is 2. The molecule has 6 aromatic carbocycles. The Morgan fingerprint density at radius 1 is 0.505 bits per heavy atom. The molecular formula is C73H99N5O17S2. The Morgan fingerprint density at radius 2 is 0.876 bits per heavy atom. The first-order valence-corrected chi connectivity index (χ1v) is 35.6. The summed E-state index contributed by atoms with van der Waals surface area (Å²) in [7, 11) is -6.40. The topological polar surface area (TPSA) is 280 Å². The second kappa shape index (κ2) is 34.7.